The molecule has 1 aliphatic carbocycles. The van der Waals surface area contributed by atoms with E-state index in [0.29, 0.717) is 17.7 Å². The SMILES string of the molecule is OCc1nnc(C2CCC2)o1. The van der Waals surface area contributed by atoms with E-state index in [1.165, 1.54) is 6.42 Å². The lowest BCUT2D eigenvalue weighted by Gasteiger charge is -2.20. The van der Waals surface area contributed by atoms with Crippen LogP contribution in [0.15, 0.2) is 4.42 Å². The third-order valence-electron chi connectivity index (χ3n) is 2.07. The number of rotatable bonds is 2. The standard InChI is InChI=1S/C7H10N2O2/c10-4-6-8-9-7(11-6)5-2-1-3-5/h5,10H,1-4H2. The van der Waals surface area contributed by atoms with E-state index >= 15 is 0 Å². The van der Waals surface area contributed by atoms with Gasteiger partial charge in [0, 0.05) is 5.92 Å². The number of aliphatic hydroxyl groups excluding tert-OH is 1. The maximum absolute atomic E-state index is 8.63. The second kappa shape index (κ2) is 2.62. The Hall–Kier alpha value is -0.900. The van der Waals surface area contributed by atoms with E-state index < -0.39 is 0 Å². The zero-order chi connectivity index (χ0) is 7.68. The average Bonchev–Trinajstić information content (AvgIpc) is 2.32. The summed E-state index contributed by atoms with van der Waals surface area (Å²) in [5.41, 5.74) is 0. The molecule has 11 heavy (non-hydrogen) atoms. The van der Waals surface area contributed by atoms with Gasteiger partial charge in [-0.15, -0.1) is 10.2 Å². The lowest BCUT2D eigenvalue weighted by Crippen LogP contribution is -2.08. The van der Waals surface area contributed by atoms with E-state index in [4.69, 9.17) is 9.52 Å². The van der Waals surface area contributed by atoms with Gasteiger partial charge in [-0.3, -0.25) is 0 Å². The Kier molecular flexibility index (Phi) is 1.62. The van der Waals surface area contributed by atoms with Crippen LogP contribution in [0.5, 0.6) is 0 Å². The number of hydrogen-bond acceptors (Lipinski definition) is 4. The van der Waals surface area contributed by atoms with Crippen molar-refractivity contribution in [2.24, 2.45) is 0 Å². The quantitative estimate of drug-likeness (QED) is 0.685. The van der Waals surface area contributed by atoms with Gasteiger partial charge in [-0.05, 0) is 12.8 Å². The molecule has 0 spiro atoms. The monoisotopic (exact) mass is 154 g/mol. The van der Waals surface area contributed by atoms with Crippen molar-refractivity contribution in [3.8, 4) is 0 Å². The molecule has 0 radical (unpaired) electrons. The van der Waals surface area contributed by atoms with E-state index in [9.17, 15) is 0 Å². The highest BCUT2D eigenvalue weighted by atomic mass is 16.4. The van der Waals surface area contributed by atoms with Gasteiger partial charge in [0.15, 0.2) is 0 Å². The summed E-state index contributed by atoms with van der Waals surface area (Å²) in [6.07, 6.45) is 3.54. The van der Waals surface area contributed by atoms with E-state index in [1.54, 1.807) is 0 Å². The summed E-state index contributed by atoms with van der Waals surface area (Å²) in [6, 6.07) is 0. The van der Waals surface area contributed by atoms with Crippen molar-refractivity contribution in [1.82, 2.24) is 10.2 Å². The molecule has 1 aromatic rings. The Bertz CT molecular complexity index is 242. The molecule has 4 heteroatoms. The third-order valence-corrected chi connectivity index (χ3v) is 2.07. The summed E-state index contributed by atoms with van der Waals surface area (Å²) < 4.78 is 5.16. The zero-order valence-electron chi connectivity index (χ0n) is 6.16. The van der Waals surface area contributed by atoms with Crippen LogP contribution in [0.4, 0.5) is 0 Å². The lowest BCUT2D eigenvalue weighted by atomic mass is 9.85. The Morgan fingerprint density at radius 1 is 1.45 bits per heavy atom. The lowest BCUT2D eigenvalue weighted by molar-refractivity contribution is 0.228. The highest BCUT2D eigenvalue weighted by molar-refractivity contribution is 4.95. The molecule has 0 atom stereocenters. The van der Waals surface area contributed by atoms with Gasteiger partial charge < -0.3 is 9.52 Å². The van der Waals surface area contributed by atoms with Crippen molar-refractivity contribution < 1.29 is 9.52 Å². The van der Waals surface area contributed by atoms with Crippen LogP contribution in [0, 0.1) is 0 Å². The van der Waals surface area contributed by atoms with Gasteiger partial charge in [0.2, 0.25) is 11.8 Å². The molecule has 1 heterocycles. The Morgan fingerprint density at radius 2 is 2.27 bits per heavy atom. The molecule has 1 saturated carbocycles. The molecular weight excluding hydrogens is 144 g/mol. The predicted molar refractivity (Wildman–Crippen MR) is 36.8 cm³/mol. The van der Waals surface area contributed by atoms with Crippen molar-refractivity contribution >= 4 is 0 Å². The van der Waals surface area contributed by atoms with Crippen molar-refractivity contribution in [3.63, 3.8) is 0 Å². The van der Waals surface area contributed by atoms with Crippen LogP contribution in [0.1, 0.15) is 37.0 Å². The Morgan fingerprint density at radius 3 is 2.73 bits per heavy atom. The van der Waals surface area contributed by atoms with Crippen molar-refractivity contribution in [2.45, 2.75) is 31.8 Å². The molecule has 1 aromatic heterocycles. The van der Waals surface area contributed by atoms with Crippen LogP contribution >= 0.6 is 0 Å². The molecule has 0 bridgehead atoms. The summed E-state index contributed by atoms with van der Waals surface area (Å²) in [6.45, 7) is -0.153. The minimum atomic E-state index is -0.153. The number of aromatic nitrogens is 2. The van der Waals surface area contributed by atoms with Crippen LogP contribution in [-0.2, 0) is 6.61 Å². The molecule has 1 fully saturated rings. The summed E-state index contributed by atoms with van der Waals surface area (Å²) in [4.78, 5) is 0. The molecule has 0 saturated heterocycles. The van der Waals surface area contributed by atoms with Gasteiger partial charge in [0.05, 0.1) is 0 Å². The second-order valence-corrected chi connectivity index (χ2v) is 2.82. The number of nitrogens with zero attached hydrogens (tertiary/aromatic N) is 2. The van der Waals surface area contributed by atoms with Crippen LogP contribution in [0.25, 0.3) is 0 Å². The van der Waals surface area contributed by atoms with Gasteiger partial charge in [-0.1, -0.05) is 6.42 Å². The first-order chi connectivity index (χ1) is 5.40. The number of aliphatic hydroxyl groups is 1. The second-order valence-electron chi connectivity index (χ2n) is 2.82. The van der Waals surface area contributed by atoms with Crippen LogP contribution in [0.2, 0.25) is 0 Å². The van der Waals surface area contributed by atoms with E-state index in [-0.39, 0.29) is 6.61 Å². The molecule has 1 aliphatic rings. The van der Waals surface area contributed by atoms with Gasteiger partial charge in [-0.2, -0.15) is 0 Å². The fourth-order valence-electron chi connectivity index (χ4n) is 1.15. The Labute approximate surface area is 64.2 Å². The number of hydrogen-bond donors (Lipinski definition) is 1. The van der Waals surface area contributed by atoms with Gasteiger partial charge in [0.1, 0.15) is 6.61 Å². The van der Waals surface area contributed by atoms with Crippen molar-refractivity contribution in [1.29, 1.82) is 0 Å². The minimum absolute atomic E-state index is 0.153. The van der Waals surface area contributed by atoms with Crippen molar-refractivity contribution in [3.05, 3.63) is 11.8 Å². The summed E-state index contributed by atoms with van der Waals surface area (Å²) in [5.74, 6) is 1.48. The molecule has 0 aliphatic heterocycles. The first-order valence-corrected chi connectivity index (χ1v) is 3.83. The van der Waals surface area contributed by atoms with Crippen LogP contribution in [0.3, 0.4) is 0 Å². The first kappa shape index (κ1) is 6.79. The highest BCUT2D eigenvalue weighted by Crippen LogP contribution is 2.35. The summed E-state index contributed by atoms with van der Waals surface area (Å²) in [7, 11) is 0. The maximum atomic E-state index is 8.63. The molecule has 4 nitrogen and oxygen atoms in total. The molecule has 2 rings (SSSR count). The van der Waals surface area contributed by atoms with E-state index in [1.807, 2.05) is 0 Å². The maximum Gasteiger partial charge on any atom is 0.241 e. The molecule has 1 N–H and O–H groups in total. The van der Waals surface area contributed by atoms with E-state index in [0.717, 1.165) is 12.8 Å². The van der Waals surface area contributed by atoms with Gasteiger partial charge in [-0.25, -0.2) is 0 Å². The molecule has 0 unspecified atom stereocenters. The van der Waals surface area contributed by atoms with Gasteiger partial charge >= 0.3 is 0 Å². The topological polar surface area (TPSA) is 59.2 Å². The fraction of sp³-hybridized carbons (Fsp3) is 0.714. The smallest absolute Gasteiger partial charge is 0.241 e. The fourth-order valence-corrected chi connectivity index (χ4v) is 1.15. The summed E-state index contributed by atoms with van der Waals surface area (Å²) >= 11 is 0. The summed E-state index contributed by atoms with van der Waals surface area (Å²) in [5, 5.41) is 16.1. The molecule has 0 amide bonds. The normalized spacial score (nSPS) is 18.3. The average molecular weight is 154 g/mol. The zero-order valence-corrected chi connectivity index (χ0v) is 6.16. The molecular formula is C7H10N2O2. The van der Waals surface area contributed by atoms with Crippen LogP contribution < -0.4 is 0 Å². The largest absolute Gasteiger partial charge is 0.422 e. The molecule has 0 aromatic carbocycles. The predicted octanol–water partition coefficient (Wildman–Crippen LogP) is 0.829. The highest BCUT2D eigenvalue weighted by Gasteiger charge is 2.24. The third kappa shape index (κ3) is 1.14. The molecule has 60 valence electrons. The first-order valence-electron chi connectivity index (χ1n) is 3.83. The van der Waals surface area contributed by atoms with Crippen molar-refractivity contribution in [2.75, 3.05) is 0 Å². The van der Waals surface area contributed by atoms with Crippen LogP contribution in [-0.4, -0.2) is 15.3 Å². The Balaban J connectivity index is 2.11. The minimum Gasteiger partial charge on any atom is -0.422 e. The van der Waals surface area contributed by atoms with Gasteiger partial charge in [0.25, 0.3) is 0 Å². The van der Waals surface area contributed by atoms with E-state index in [2.05, 4.69) is 10.2 Å².